The molecule has 0 N–H and O–H groups in total. The number of rotatable bonds is 1. The first-order valence-corrected chi connectivity index (χ1v) is 5.49. The Balaban J connectivity index is 2.38. The summed E-state index contributed by atoms with van der Waals surface area (Å²) in [6.45, 7) is 4.36. The molecule has 0 saturated heterocycles. The molecular weight excluding hydrogens is 210 g/mol. The molecule has 2 aromatic rings. The topological polar surface area (TPSA) is 30.7 Å². The van der Waals surface area contributed by atoms with Crippen LogP contribution in [-0.2, 0) is 5.54 Å². The van der Waals surface area contributed by atoms with Crippen LogP contribution >= 0.6 is 11.6 Å². The first-order valence-electron chi connectivity index (χ1n) is 5.11. The maximum Gasteiger partial charge on any atom is 0.145 e. The molecule has 0 radical (unpaired) electrons. The van der Waals surface area contributed by atoms with Gasteiger partial charge in [0.05, 0.1) is 5.39 Å². The molecule has 0 atom stereocenters. The van der Waals surface area contributed by atoms with Crippen LogP contribution in [-0.4, -0.2) is 14.5 Å². The van der Waals surface area contributed by atoms with Crippen molar-refractivity contribution < 1.29 is 0 Å². The van der Waals surface area contributed by atoms with Crippen molar-refractivity contribution in [1.82, 2.24) is 14.5 Å². The molecular formula is C11H12ClN3. The molecule has 4 heteroatoms. The minimum Gasteiger partial charge on any atom is -0.324 e. The lowest BCUT2D eigenvalue weighted by molar-refractivity contribution is 0.536. The Bertz CT molecular complexity index is 540. The van der Waals surface area contributed by atoms with Gasteiger partial charge >= 0.3 is 0 Å². The average Bonchev–Trinajstić information content (AvgIpc) is 2.80. The molecule has 1 aliphatic rings. The molecule has 78 valence electrons. The predicted molar refractivity (Wildman–Crippen MR) is 60.2 cm³/mol. The standard InChI is InChI=1S/C11H12ClN3/c1-7-5-8-9(12)13-6-14-10(8)15(7)11(2)3-4-11/h5-6H,3-4H2,1-2H3. The van der Waals surface area contributed by atoms with Gasteiger partial charge in [0, 0.05) is 11.2 Å². The van der Waals surface area contributed by atoms with Crippen molar-refractivity contribution >= 4 is 22.6 Å². The second-order valence-electron chi connectivity index (χ2n) is 4.52. The molecule has 0 spiro atoms. The SMILES string of the molecule is Cc1cc2c(Cl)ncnc2n1C1(C)CC1. The molecule has 1 aliphatic carbocycles. The quantitative estimate of drug-likeness (QED) is 0.694. The highest BCUT2D eigenvalue weighted by molar-refractivity contribution is 6.33. The van der Waals surface area contributed by atoms with Gasteiger partial charge in [-0.1, -0.05) is 11.6 Å². The van der Waals surface area contributed by atoms with Crippen LogP contribution in [0, 0.1) is 6.92 Å². The van der Waals surface area contributed by atoms with Gasteiger partial charge in [0.2, 0.25) is 0 Å². The highest BCUT2D eigenvalue weighted by Gasteiger charge is 2.41. The molecule has 15 heavy (non-hydrogen) atoms. The summed E-state index contributed by atoms with van der Waals surface area (Å²) in [7, 11) is 0. The van der Waals surface area contributed by atoms with Gasteiger partial charge in [-0.2, -0.15) is 0 Å². The molecule has 2 aromatic heterocycles. The predicted octanol–water partition coefficient (Wildman–Crippen LogP) is 2.90. The smallest absolute Gasteiger partial charge is 0.145 e. The van der Waals surface area contributed by atoms with Gasteiger partial charge in [0.25, 0.3) is 0 Å². The Morgan fingerprint density at radius 2 is 2.13 bits per heavy atom. The Kier molecular flexibility index (Phi) is 1.67. The third-order valence-corrected chi connectivity index (χ3v) is 3.55. The van der Waals surface area contributed by atoms with Gasteiger partial charge in [-0.05, 0) is 32.8 Å². The highest BCUT2D eigenvalue weighted by atomic mass is 35.5. The molecule has 3 nitrogen and oxygen atoms in total. The lowest BCUT2D eigenvalue weighted by Crippen LogP contribution is -2.14. The van der Waals surface area contributed by atoms with Crippen molar-refractivity contribution in [3.8, 4) is 0 Å². The Morgan fingerprint density at radius 1 is 1.40 bits per heavy atom. The van der Waals surface area contributed by atoms with Gasteiger partial charge in [-0.25, -0.2) is 9.97 Å². The summed E-state index contributed by atoms with van der Waals surface area (Å²) < 4.78 is 2.29. The van der Waals surface area contributed by atoms with E-state index in [0.717, 1.165) is 11.0 Å². The van der Waals surface area contributed by atoms with Crippen molar-refractivity contribution in [3.63, 3.8) is 0 Å². The molecule has 0 amide bonds. The summed E-state index contributed by atoms with van der Waals surface area (Å²) >= 11 is 6.05. The normalized spacial score (nSPS) is 18.3. The van der Waals surface area contributed by atoms with E-state index >= 15 is 0 Å². The summed E-state index contributed by atoms with van der Waals surface area (Å²) in [5.74, 6) is 0. The first-order chi connectivity index (χ1) is 7.12. The summed E-state index contributed by atoms with van der Waals surface area (Å²) in [4.78, 5) is 8.34. The Morgan fingerprint density at radius 3 is 2.80 bits per heavy atom. The monoisotopic (exact) mass is 221 g/mol. The molecule has 3 rings (SSSR count). The van der Waals surface area contributed by atoms with Gasteiger partial charge in [-0.15, -0.1) is 0 Å². The van der Waals surface area contributed by atoms with E-state index in [1.807, 2.05) is 0 Å². The molecule has 2 heterocycles. The molecule has 0 bridgehead atoms. The van der Waals surface area contributed by atoms with E-state index < -0.39 is 0 Å². The number of aromatic nitrogens is 3. The van der Waals surface area contributed by atoms with Crippen molar-refractivity contribution in [3.05, 3.63) is 23.2 Å². The van der Waals surface area contributed by atoms with Crippen LogP contribution in [0.4, 0.5) is 0 Å². The van der Waals surface area contributed by atoms with Crippen molar-refractivity contribution in [2.75, 3.05) is 0 Å². The molecule has 0 aromatic carbocycles. The first kappa shape index (κ1) is 9.16. The van der Waals surface area contributed by atoms with E-state index in [9.17, 15) is 0 Å². The Labute approximate surface area is 93.1 Å². The summed E-state index contributed by atoms with van der Waals surface area (Å²) in [5, 5.41) is 1.51. The van der Waals surface area contributed by atoms with E-state index in [1.54, 1.807) is 0 Å². The van der Waals surface area contributed by atoms with Crippen LogP contribution in [0.25, 0.3) is 11.0 Å². The number of hydrogen-bond acceptors (Lipinski definition) is 2. The van der Waals surface area contributed by atoms with Crippen LogP contribution < -0.4 is 0 Å². The fraction of sp³-hybridized carbons (Fsp3) is 0.455. The number of fused-ring (bicyclic) bond motifs is 1. The maximum absolute atomic E-state index is 6.05. The van der Waals surface area contributed by atoms with Gasteiger partial charge in [0.15, 0.2) is 0 Å². The largest absolute Gasteiger partial charge is 0.324 e. The zero-order valence-electron chi connectivity index (χ0n) is 8.79. The fourth-order valence-electron chi connectivity index (χ4n) is 2.19. The van der Waals surface area contributed by atoms with Gasteiger partial charge < -0.3 is 4.57 Å². The minimum absolute atomic E-state index is 0.253. The Hall–Kier alpha value is -1.09. The lowest BCUT2D eigenvalue weighted by Gasteiger charge is -2.14. The van der Waals surface area contributed by atoms with Crippen molar-refractivity contribution in [2.24, 2.45) is 0 Å². The molecule has 1 saturated carbocycles. The van der Waals surface area contributed by atoms with Crippen LogP contribution in [0.15, 0.2) is 12.4 Å². The van der Waals surface area contributed by atoms with Crippen LogP contribution in [0.2, 0.25) is 5.15 Å². The highest BCUT2D eigenvalue weighted by Crippen LogP contribution is 2.46. The van der Waals surface area contributed by atoms with Crippen LogP contribution in [0.1, 0.15) is 25.5 Å². The van der Waals surface area contributed by atoms with E-state index in [2.05, 4.69) is 34.4 Å². The number of halogens is 1. The lowest BCUT2D eigenvalue weighted by atomic mass is 10.3. The van der Waals surface area contributed by atoms with Crippen LogP contribution in [0.3, 0.4) is 0 Å². The third kappa shape index (κ3) is 1.19. The summed E-state index contributed by atoms with van der Waals surface area (Å²) in [6.07, 6.45) is 3.98. The number of hydrogen-bond donors (Lipinski definition) is 0. The average molecular weight is 222 g/mol. The minimum atomic E-state index is 0.253. The second kappa shape index (κ2) is 2.73. The molecule has 1 fully saturated rings. The second-order valence-corrected chi connectivity index (χ2v) is 4.88. The summed E-state index contributed by atoms with van der Waals surface area (Å²) in [6, 6.07) is 2.07. The van der Waals surface area contributed by atoms with Crippen LogP contribution in [0.5, 0.6) is 0 Å². The van der Waals surface area contributed by atoms with E-state index in [1.165, 1.54) is 24.9 Å². The molecule has 0 aliphatic heterocycles. The van der Waals surface area contributed by atoms with Crippen molar-refractivity contribution in [2.45, 2.75) is 32.2 Å². The number of nitrogens with zero attached hydrogens (tertiary/aromatic N) is 3. The van der Waals surface area contributed by atoms with E-state index in [0.29, 0.717) is 5.15 Å². The maximum atomic E-state index is 6.05. The van der Waals surface area contributed by atoms with E-state index in [4.69, 9.17) is 11.6 Å². The zero-order chi connectivity index (χ0) is 10.6. The number of aryl methyl sites for hydroxylation is 1. The summed E-state index contributed by atoms with van der Waals surface area (Å²) in [5.41, 5.74) is 2.43. The third-order valence-electron chi connectivity index (χ3n) is 3.25. The fourth-order valence-corrected chi connectivity index (χ4v) is 2.38. The van der Waals surface area contributed by atoms with Gasteiger partial charge in [-0.3, -0.25) is 0 Å². The van der Waals surface area contributed by atoms with Gasteiger partial charge in [0.1, 0.15) is 17.1 Å². The van der Waals surface area contributed by atoms with E-state index in [-0.39, 0.29) is 5.54 Å². The zero-order valence-corrected chi connectivity index (χ0v) is 9.54. The molecule has 0 unspecified atom stereocenters. The van der Waals surface area contributed by atoms with Crippen molar-refractivity contribution in [1.29, 1.82) is 0 Å².